The first-order valence-electron chi connectivity index (χ1n) is 7.15. The van der Waals surface area contributed by atoms with Crippen molar-refractivity contribution in [2.45, 2.75) is 78.7 Å². The highest BCUT2D eigenvalue weighted by Gasteiger charge is 2.25. The van der Waals surface area contributed by atoms with Gasteiger partial charge in [-0.25, -0.2) is 0 Å². The topological polar surface area (TPSA) is 26.0 Å². The maximum atomic E-state index is 6.19. The highest BCUT2D eigenvalue weighted by atomic mass is 14.6. The van der Waals surface area contributed by atoms with Crippen molar-refractivity contribution < 1.29 is 0 Å². The van der Waals surface area contributed by atoms with Crippen molar-refractivity contribution in [3.05, 3.63) is 0 Å². The Morgan fingerprint density at radius 3 is 2.12 bits per heavy atom. The van der Waals surface area contributed by atoms with Gasteiger partial charge in [-0.15, -0.1) is 0 Å². The Morgan fingerprint density at radius 2 is 1.50 bits per heavy atom. The van der Waals surface area contributed by atoms with Gasteiger partial charge in [-0.3, -0.25) is 0 Å². The van der Waals surface area contributed by atoms with Gasteiger partial charge in [0, 0.05) is 6.04 Å². The van der Waals surface area contributed by atoms with Crippen LogP contribution in [0.25, 0.3) is 0 Å². The molecule has 1 nitrogen and oxygen atoms in total. The monoisotopic (exact) mass is 225 g/mol. The zero-order valence-corrected chi connectivity index (χ0v) is 11.8. The first kappa shape index (κ1) is 14.0. The maximum Gasteiger partial charge on any atom is 0.00390 e. The summed E-state index contributed by atoms with van der Waals surface area (Å²) in [6.07, 6.45) is 9.35. The van der Waals surface area contributed by atoms with Crippen LogP contribution >= 0.6 is 0 Å². The van der Waals surface area contributed by atoms with Crippen molar-refractivity contribution >= 4 is 0 Å². The molecule has 0 aromatic rings. The lowest BCUT2D eigenvalue weighted by atomic mass is 9.73. The summed E-state index contributed by atoms with van der Waals surface area (Å²) >= 11 is 0. The van der Waals surface area contributed by atoms with Crippen LogP contribution in [0.5, 0.6) is 0 Å². The molecular formula is C15H31N. The standard InChI is InChI=1S/C15H31N/c1-12-6-5-7-13(15(2,3)4)9-11-14(16)10-8-12/h12-14H,5-11,16H2,1-4H3. The van der Waals surface area contributed by atoms with Crippen LogP contribution in [0.1, 0.15) is 72.6 Å². The van der Waals surface area contributed by atoms with Gasteiger partial charge in [-0.1, -0.05) is 40.5 Å². The third-order valence-corrected chi connectivity index (χ3v) is 4.39. The predicted molar refractivity (Wildman–Crippen MR) is 72.4 cm³/mol. The second-order valence-corrected chi connectivity index (χ2v) is 7.01. The quantitative estimate of drug-likeness (QED) is 0.651. The summed E-state index contributed by atoms with van der Waals surface area (Å²) in [5.41, 5.74) is 6.65. The third kappa shape index (κ3) is 4.86. The van der Waals surface area contributed by atoms with Crippen LogP contribution < -0.4 is 5.73 Å². The van der Waals surface area contributed by atoms with Gasteiger partial charge in [0.1, 0.15) is 0 Å². The van der Waals surface area contributed by atoms with Gasteiger partial charge < -0.3 is 5.73 Å². The summed E-state index contributed by atoms with van der Waals surface area (Å²) in [6, 6.07) is 0.449. The summed E-state index contributed by atoms with van der Waals surface area (Å²) in [5, 5.41) is 0. The molecule has 0 spiro atoms. The van der Waals surface area contributed by atoms with E-state index in [1.807, 2.05) is 0 Å². The van der Waals surface area contributed by atoms with E-state index in [0.29, 0.717) is 11.5 Å². The Bertz CT molecular complexity index is 192. The van der Waals surface area contributed by atoms with Crippen LogP contribution in [0.2, 0.25) is 0 Å². The largest absolute Gasteiger partial charge is 0.328 e. The smallest absolute Gasteiger partial charge is 0.00390 e. The molecule has 1 aliphatic rings. The highest BCUT2D eigenvalue weighted by Crippen LogP contribution is 2.35. The molecule has 1 saturated carbocycles. The molecule has 0 bridgehead atoms. The van der Waals surface area contributed by atoms with E-state index in [-0.39, 0.29) is 0 Å². The molecule has 3 unspecified atom stereocenters. The van der Waals surface area contributed by atoms with Crippen molar-refractivity contribution in [3.8, 4) is 0 Å². The van der Waals surface area contributed by atoms with E-state index in [4.69, 9.17) is 5.73 Å². The van der Waals surface area contributed by atoms with Crippen molar-refractivity contribution in [1.82, 2.24) is 0 Å². The summed E-state index contributed by atoms with van der Waals surface area (Å²) in [7, 11) is 0. The van der Waals surface area contributed by atoms with Crippen molar-refractivity contribution in [2.24, 2.45) is 23.0 Å². The van der Waals surface area contributed by atoms with E-state index in [1.54, 1.807) is 0 Å². The summed E-state index contributed by atoms with van der Waals surface area (Å²) in [5.74, 6) is 1.74. The predicted octanol–water partition coefficient (Wildman–Crippen LogP) is 4.36. The molecule has 0 radical (unpaired) electrons. The van der Waals surface area contributed by atoms with Crippen LogP contribution in [-0.2, 0) is 0 Å². The van der Waals surface area contributed by atoms with Crippen molar-refractivity contribution in [3.63, 3.8) is 0 Å². The second kappa shape index (κ2) is 6.05. The normalized spacial score (nSPS) is 34.7. The van der Waals surface area contributed by atoms with Gasteiger partial charge in [0.15, 0.2) is 0 Å². The SMILES string of the molecule is CC1CCCC(C(C)(C)C)CCC(N)CC1. The molecule has 1 fully saturated rings. The Hall–Kier alpha value is -0.0400. The Morgan fingerprint density at radius 1 is 0.875 bits per heavy atom. The fraction of sp³-hybridized carbons (Fsp3) is 1.00. The zero-order chi connectivity index (χ0) is 12.2. The second-order valence-electron chi connectivity index (χ2n) is 7.01. The molecule has 3 atom stereocenters. The highest BCUT2D eigenvalue weighted by molar-refractivity contribution is 4.78. The summed E-state index contributed by atoms with van der Waals surface area (Å²) in [6.45, 7) is 9.55. The van der Waals surface area contributed by atoms with Crippen LogP contribution in [-0.4, -0.2) is 6.04 Å². The number of nitrogens with two attached hydrogens (primary N) is 1. The molecule has 0 aromatic heterocycles. The first-order chi connectivity index (χ1) is 7.39. The average molecular weight is 225 g/mol. The zero-order valence-electron chi connectivity index (χ0n) is 11.8. The van der Waals surface area contributed by atoms with E-state index < -0.39 is 0 Å². The molecule has 96 valence electrons. The molecule has 16 heavy (non-hydrogen) atoms. The lowest BCUT2D eigenvalue weighted by Gasteiger charge is -2.33. The molecule has 0 heterocycles. The van der Waals surface area contributed by atoms with Crippen LogP contribution in [0.4, 0.5) is 0 Å². The third-order valence-electron chi connectivity index (χ3n) is 4.39. The van der Waals surface area contributed by atoms with Gasteiger partial charge in [0.05, 0.1) is 0 Å². The molecule has 1 aliphatic carbocycles. The minimum Gasteiger partial charge on any atom is -0.328 e. The molecule has 0 aliphatic heterocycles. The van der Waals surface area contributed by atoms with E-state index in [2.05, 4.69) is 27.7 Å². The first-order valence-corrected chi connectivity index (χ1v) is 7.15. The molecule has 0 saturated heterocycles. The number of rotatable bonds is 0. The van der Waals surface area contributed by atoms with Gasteiger partial charge in [-0.2, -0.15) is 0 Å². The molecule has 2 N–H and O–H groups in total. The van der Waals surface area contributed by atoms with E-state index in [0.717, 1.165) is 11.8 Å². The number of hydrogen-bond donors (Lipinski definition) is 1. The number of hydrogen-bond acceptors (Lipinski definition) is 1. The Balaban J connectivity index is 2.53. The fourth-order valence-corrected chi connectivity index (χ4v) is 2.93. The van der Waals surface area contributed by atoms with Gasteiger partial charge in [0.2, 0.25) is 0 Å². The van der Waals surface area contributed by atoms with Gasteiger partial charge in [-0.05, 0) is 49.4 Å². The summed E-state index contributed by atoms with van der Waals surface area (Å²) in [4.78, 5) is 0. The van der Waals surface area contributed by atoms with E-state index in [9.17, 15) is 0 Å². The van der Waals surface area contributed by atoms with E-state index in [1.165, 1.54) is 44.9 Å². The van der Waals surface area contributed by atoms with Crippen molar-refractivity contribution in [1.29, 1.82) is 0 Å². The Kier molecular flexibility index (Phi) is 5.30. The fourth-order valence-electron chi connectivity index (χ4n) is 2.93. The summed E-state index contributed by atoms with van der Waals surface area (Å²) < 4.78 is 0. The lowest BCUT2D eigenvalue weighted by Crippen LogP contribution is -2.27. The molecule has 1 rings (SSSR count). The van der Waals surface area contributed by atoms with Crippen LogP contribution in [0, 0.1) is 17.3 Å². The Labute approximate surface area is 102 Å². The molecule has 0 amide bonds. The van der Waals surface area contributed by atoms with E-state index >= 15 is 0 Å². The molecular weight excluding hydrogens is 194 g/mol. The lowest BCUT2D eigenvalue weighted by molar-refractivity contribution is 0.189. The van der Waals surface area contributed by atoms with Gasteiger partial charge in [0.25, 0.3) is 0 Å². The van der Waals surface area contributed by atoms with Crippen molar-refractivity contribution in [2.75, 3.05) is 0 Å². The average Bonchev–Trinajstić information content (AvgIpc) is 2.17. The van der Waals surface area contributed by atoms with Crippen LogP contribution in [0.3, 0.4) is 0 Å². The van der Waals surface area contributed by atoms with Crippen LogP contribution in [0.15, 0.2) is 0 Å². The molecule has 1 heteroatoms. The minimum absolute atomic E-state index is 0.449. The molecule has 0 aromatic carbocycles. The maximum absolute atomic E-state index is 6.19. The van der Waals surface area contributed by atoms with Gasteiger partial charge >= 0.3 is 0 Å². The minimum atomic E-state index is 0.449.